The highest BCUT2D eigenvalue weighted by molar-refractivity contribution is 14.0. The lowest BCUT2D eigenvalue weighted by Gasteiger charge is -2.18. The van der Waals surface area contributed by atoms with E-state index < -0.39 is 0 Å². The van der Waals surface area contributed by atoms with E-state index in [1.165, 1.54) is 17.7 Å². The molecule has 1 aliphatic heterocycles. The van der Waals surface area contributed by atoms with E-state index in [1.54, 1.807) is 7.05 Å². The van der Waals surface area contributed by atoms with E-state index in [0.717, 1.165) is 31.3 Å². The minimum Gasteiger partial charge on any atom is -0.379 e. The van der Waals surface area contributed by atoms with Crippen LogP contribution in [0.5, 0.6) is 0 Å². The Hall–Kier alpha value is -1.16. The summed E-state index contributed by atoms with van der Waals surface area (Å²) in [7, 11) is 1.73. The Kier molecular flexibility index (Phi) is 7.36. The number of hydrogen-bond donors (Lipinski definition) is 2. The molecule has 2 amide bonds. The molecule has 0 radical (unpaired) electrons. The maximum absolute atomic E-state index is 12.6. The van der Waals surface area contributed by atoms with Crippen molar-refractivity contribution in [1.29, 1.82) is 0 Å². The van der Waals surface area contributed by atoms with Gasteiger partial charge in [-0.15, -0.1) is 24.0 Å². The second-order valence-corrected chi connectivity index (χ2v) is 8.13. The van der Waals surface area contributed by atoms with Gasteiger partial charge in [0, 0.05) is 33.3 Å². The SMILES string of the molecule is CN=C(NCCCN1C(=O)C2C3C=CC(C3)C2C1=O)NCCOCC1CC1.I. The number of hydrogen-bond acceptors (Lipinski definition) is 4. The topological polar surface area (TPSA) is 83.0 Å². The van der Waals surface area contributed by atoms with Crippen LogP contribution >= 0.6 is 24.0 Å². The molecule has 0 aromatic carbocycles. The Morgan fingerprint density at radius 2 is 1.79 bits per heavy atom. The van der Waals surface area contributed by atoms with Gasteiger partial charge in [-0.25, -0.2) is 0 Å². The van der Waals surface area contributed by atoms with Crippen LogP contribution < -0.4 is 10.6 Å². The fourth-order valence-electron chi connectivity index (χ4n) is 4.63. The highest BCUT2D eigenvalue weighted by atomic mass is 127. The monoisotopic (exact) mass is 502 g/mol. The zero-order valence-corrected chi connectivity index (χ0v) is 18.8. The molecule has 0 spiro atoms. The number of nitrogens with one attached hydrogen (secondary N) is 2. The van der Waals surface area contributed by atoms with Gasteiger partial charge in [0.15, 0.2) is 5.96 Å². The number of likely N-dealkylation sites (tertiary alicyclic amines) is 1. The summed E-state index contributed by atoms with van der Waals surface area (Å²) in [6, 6.07) is 0. The molecule has 4 unspecified atom stereocenters. The molecule has 1 saturated heterocycles. The maximum atomic E-state index is 12.6. The molecule has 2 bridgehead atoms. The summed E-state index contributed by atoms with van der Waals surface area (Å²) in [5.74, 6) is 1.96. The number of amides is 2. The van der Waals surface area contributed by atoms with Crippen molar-refractivity contribution in [2.24, 2.45) is 34.6 Å². The molecule has 4 rings (SSSR count). The summed E-state index contributed by atoms with van der Waals surface area (Å²) in [5, 5.41) is 6.46. The standard InChI is InChI=1S/C20H30N4O3.HI/c1-21-20(23-8-10-27-12-13-3-4-13)22-7-2-9-24-18(25)16-14-5-6-15(11-14)17(16)19(24)26;/h5-6,13-17H,2-4,7-12H2,1H3,(H2,21,22,23);1H. The number of rotatable bonds is 9. The van der Waals surface area contributed by atoms with E-state index in [4.69, 9.17) is 4.74 Å². The van der Waals surface area contributed by atoms with Gasteiger partial charge in [0.05, 0.1) is 18.4 Å². The minimum absolute atomic E-state index is 0. The van der Waals surface area contributed by atoms with Crippen LogP contribution in [-0.4, -0.2) is 62.6 Å². The predicted octanol–water partition coefficient (Wildman–Crippen LogP) is 1.39. The van der Waals surface area contributed by atoms with Crippen molar-refractivity contribution in [2.45, 2.75) is 25.7 Å². The molecule has 28 heavy (non-hydrogen) atoms. The second-order valence-electron chi connectivity index (χ2n) is 8.13. The lowest BCUT2D eigenvalue weighted by molar-refractivity contribution is -0.140. The number of guanidine groups is 1. The van der Waals surface area contributed by atoms with Crippen LogP contribution in [0.1, 0.15) is 25.7 Å². The number of carbonyl (C=O) groups excluding carboxylic acids is 2. The van der Waals surface area contributed by atoms with Gasteiger partial charge >= 0.3 is 0 Å². The van der Waals surface area contributed by atoms with Crippen LogP contribution in [0.25, 0.3) is 0 Å². The largest absolute Gasteiger partial charge is 0.379 e. The van der Waals surface area contributed by atoms with Crippen LogP contribution in [-0.2, 0) is 14.3 Å². The molecular weight excluding hydrogens is 471 g/mol. The molecular formula is C20H31IN4O3. The van der Waals surface area contributed by atoms with Crippen molar-refractivity contribution in [1.82, 2.24) is 15.5 Å². The summed E-state index contributed by atoms with van der Waals surface area (Å²) >= 11 is 0. The van der Waals surface area contributed by atoms with Gasteiger partial charge in [0.2, 0.25) is 11.8 Å². The van der Waals surface area contributed by atoms with Gasteiger partial charge < -0.3 is 15.4 Å². The average Bonchev–Trinajstić information content (AvgIpc) is 3.17. The van der Waals surface area contributed by atoms with Gasteiger partial charge in [0.25, 0.3) is 0 Å². The van der Waals surface area contributed by atoms with E-state index in [0.29, 0.717) is 26.2 Å². The minimum atomic E-state index is -0.0921. The zero-order valence-electron chi connectivity index (χ0n) is 16.4. The Balaban J connectivity index is 0.00000225. The first-order valence-corrected chi connectivity index (χ1v) is 10.2. The van der Waals surface area contributed by atoms with E-state index in [1.807, 2.05) is 0 Å². The highest BCUT2D eigenvalue weighted by Crippen LogP contribution is 2.52. The van der Waals surface area contributed by atoms with Crippen molar-refractivity contribution in [3.63, 3.8) is 0 Å². The Labute approximate surface area is 183 Å². The van der Waals surface area contributed by atoms with Crippen molar-refractivity contribution in [3.05, 3.63) is 12.2 Å². The molecule has 7 nitrogen and oxygen atoms in total. The molecule has 2 N–H and O–H groups in total. The number of allylic oxidation sites excluding steroid dienone is 2. The summed E-state index contributed by atoms with van der Waals surface area (Å²) in [5.41, 5.74) is 0. The molecule has 3 aliphatic carbocycles. The van der Waals surface area contributed by atoms with Crippen LogP contribution in [0, 0.1) is 29.6 Å². The first-order chi connectivity index (χ1) is 13.2. The average molecular weight is 502 g/mol. The summed E-state index contributed by atoms with van der Waals surface area (Å²) in [6.07, 6.45) is 8.57. The molecule has 4 aliphatic rings. The zero-order chi connectivity index (χ0) is 18.8. The molecule has 4 atom stereocenters. The number of imide groups is 1. The van der Waals surface area contributed by atoms with Crippen LogP contribution in [0.4, 0.5) is 0 Å². The van der Waals surface area contributed by atoms with E-state index in [2.05, 4.69) is 27.8 Å². The number of nitrogens with zero attached hydrogens (tertiary/aromatic N) is 2. The molecule has 156 valence electrons. The molecule has 2 saturated carbocycles. The van der Waals surface area contributed by atoms with Gasteiger partial charge in [-0.1, -0.05) is 12.2 Å². The normalized spacial score (nSPS) is 30.6. The first-order valence-electron chi connectivity index (χ1n) is 10.2. The third-order valence-electron chi connectivity index (χ3n) is 6.23. The van der Waals surface area contributed by atoms with Crippen molar-refractivity contribution >= 4 is 41.8 Å². The number of ether oxygens (including phenoxy) is 1. The predicted molar refractivity (Wildman–Crippen MR) is 117 cm³/mol. The molecule has 8 heteroatoms. The number of aliphatic imine (C=N–C) groups is 1. The molecule has 0 aromatic rings. The molecule has 1 heterocycles. The summed E-state index contributed by atoms with van der Waals surface area (Å²) in [4.78, 5) is 30.9. The number of fused-ring (bicyclic) bond motifs is 5. The van der Waals surface area contributed by atoms with E-state index >= 15 is 0 Å². The van der Waals surface area contributed by atoms with Crippen LogP contribution in [0.2, 0.25) is 0 Å². The Bertz CT molecular complexity index is 619. The van der Waals surface area contributed by atoms with Crippen molar-refractivity contribution in [3.8, 4) is 0 Å². The fourth-order valence-corrected chi connectivity index (χ4v) is 4.63. The fraction of sp³-hybridized carbons (Fsp3) is 0.750. The quantitative estimate of drug-likeness (QED) is 0.124. The van der Waals surface area contributed by atoms with Gasteiger partial charge in [-0.3, -0.25) is 19.5 Å². The number of halogens is 1. The van der Waals surface area contributed by atoms with Gasteiger partial charge in [-0.05, 0) is 43.4 Å². The van der Waals surface area contributed by atoms with E-state index in [-0.39, 0.29) is 59.5 Å². The van der Waals surface area contributed by atoms with Crippen molar-refractivity contribution < 1.29 is 14.3 Å². The van der Waals surface area contributed by atoms with Crippen molar-refractivity contribution in [2.75, 3.05) is 39.9 Å². The van der Waals surface area contributed by atoms with Gasteiger partial charge in [0.1, 0.15) is 0 Å². The summed E-state index contributed by atoms with van der Waals surface area (Å²) in [6.45, 7) is 3.41. The number of carbonyl (C=O) groups is 2. The Morgan fingerprint density at radius 3 is 2.39 bits per heavy atom. The second kappa shape index (κ2) is 9.56. The summed E-state index contributed by atoms with van der Waals surface area (Å²) < 4.78 is 5.60. The highest BCUT2D eigenvalue weighted by Gasteiger charge is 2.58. The van der Waals surface area contributed by atoms with E-state index in [9.17, 15) is 9.59 Å². The lowest BCUT2D eigenvalue weighted by Crippen LogP contribution is -2.41. The van der Waals surface area contributed by atoms with Gasteiger partial charge in [-0.2, -0.15) is 0 Å². The van der Waals surface area contributed by atoms with Crippen LogP contribution in [0.15, 0.2) is 17.1 Å². The maximum Gasteiger partial charge on any atom is 0.233 e. The first kappa shape index (κ1) is 21.5. The molecule has 0 aromatic heterocycles. The smallest absolute Gasteiger partial charge is 0.233 e. The Morgan fingerprint density at radius 1 is 1.14 bits per heavy atom. The van der Waals surface area contributed by atoms with Crippen LogP contribution in [0.3, 0.4) is 0 Å². The third kappa shape index (κ3) is 4.53. The molecule has 3 fully saturated rings. The lowest BCUT2D eigenvalue weighted by atomic mass is 9.85. The third-order valence-corrected chi connectivity index (χ3v) is 6.23.